The summed E-state index contributed by atoms with van der Waals surface area (Å²) in [5.41, 5.74) is 5.11. The van der Waals surface area contributed by atoms with Gasteiger partial charge >= 0.3 is 0 Å². The summed E-state index contributed by atoms with van der Waals surface area (Å²) in [5, 5.41) is 23.2. The molecule has 7 nitrogen and oxygen atoms in total. The van der Waals surface area contributed by atoms with Crippen LogP contribution in [0.15, 0.2) is 86.9 Å². The summed E-state index contributed by atoms with van der Waals surface area (Å²) in [5.74, 6) is 1.81. The monoisotopic (exact) mass is 490 g/mol. The van der Waals surface area contributed by atoms with Gasteiger partial charge in [0.25, 0.3) is 5.22 Å². The number of benzene rings is 3. The van der Waals surface area contributed by atoms with Crippen LogP contribution in [0, 0.1) is 0 Å². The smallest absolute Gasteiger partial charge is 0.277 e. The highest BCUT2D eigenvalue weighted by atomic mass is 79.9. The molecule has 5 rings (SSSR count). The summed E-state index contributed by atoms with van der Waals surface area (Å²) >= 11 is 5.02. The molecule has 0 saturated heterocycles. The van der Waals surface area contributed by atoms with E-state index in [1.54, 1.807) is 0 Å². The van der Waals surface area contributed by atoms with Gasteiger partial charge in [-0.3, -0.25) is 0 Å². The minimum atomic E-state index is 0.503. The molecule has 2 aromatic heterocycles. The molecule has 0 saturated carbocycles. The van der Waals surface area contributed by atoms with E-state index >= 15 is 0 Å². The lowest BCUT2D eigenvalue weighted by Gasteiger charge is -2.07. The molecule has 2 heterocycles. The van der Waals surface area contributed by atoms with Crippen LogP contribution in [-0.2, 0) is 5.75 Å². The van der Waals surface area contributed by atoms with E-state index in [4.69, 9.17) is 4.42 Å². The maximum Gasteiger partial charge on any atom is 0.277 e. The molecule has 31 heavy (non-hydrogen) atoms. The number of hydrogen-bond donors (Lipinski definition) is 1. The molecule has 5 aromatic rings. The first-order chi connectivity index (χ1) is 15.3. The average Bonchev–Trinajstić information content (AvgIpc) is 3.51. The number of thioether (sulfide) groups is 1. The van der Waals surface area contributed by atoms with Gasteiger partial charge in [0, 0.05) is 15.8 Å². The van der Waals surface area contributed by atoms with Crippen LogP contribution in [0.1, 0.15) is 5.56 Å². The number of hydrogen-bond acceptors (Lipinski definition) is 7. The molecule has 152 valence electrons. The first-order valence-corrected chi connectivity index (χ1v) is 11.2. The van der Waals surface area contributed by atoms with Gasteiger partial charge in [0.1, 0.15) is 0 Å². The van der Waals surface area contributed by atoms with Gasteiger partial charge in [0.15, 0.2) is 0 Å². The molecular formula is C22H15BrN6OS. The van der Waals surface area contributed by atoms with Crippen LogP contribution in [0.25, 0.3) is 34.0 Å². The maximum absolute atomic E-state index is 5.81. The van der Waals surface area contributed by atoms with Crippen molar-refractivity contribution in [3.63, 3.8) is 0 Å². The van der Waals surface area contributed by atoms with Crippen molar-refractivity contribution in [3.05, 3.63) is 82.8 Å². The van der Waals surface area contributed by atoms with E-state index in [0.717, 1.165) is 38.0 Å². The highest BCUT2D eigenvalue weighted by Crippen LogP contribution is 2.32. The van der Waals surface area contributed by atoms with Gasteiger partial charge in [-0.25, -0.2) is 0 Å². The first-order valence-electron chi connectivity index (χ1n) is 9.41. The number of tetrazole rings is 1. The third kappa shape index (κ3) is 4.28. The molecule has 0 amide bonds. The number of halogens is 1. The zero-order chi connectivity index (χ0) is 21.0. The van der Waals surface area contributed by atoms with Gasteiger partial charge in [0.05, 0.1) is 5.56 Å². The second kappa shape index (κ2) is 8.83. The van der Waals surface area contributed by atoms with E-state index in [1.165, 1.54) is 11.8 Å². The van der Waals surface area contributed by atoms with E-state index < -0.39 is 0 Å². The van der Waals surface area contributed by atoms with Crippen LogP contribution in [0.2, 0.25) is 0 Å². The fourth-order valence-corrected chi connectivity index (χ4v) is 4.32. The van der Waals surface area contributed by atoms with Crippen molar-refractivity contribution in [2.24, 2.45) is 0 Å². The zero-order valence-electron chi connectivity index (χ0n) is 16.1. The molecule has 9 heteroatoms. The van der Waals surface area contributed by atoms with Crippen LogP contribution < -0.4 is 0 Å². The summed E-state index contributed by atoms with van der Waals surface area (Å²) < 4.78 is 6.73. The Morgan fingerprint density at radius 1 is 0.806 bits per heavy atom. The van der Waals surface area contributed by atoms with Gasteiger partial charge in [0.2, 0.25) is 11.7 Å². The van der Waals surface area contributed by atoms with Gasteiger partial charge in [-0.1, -0.05) is 72.4 Å². The van der Waals surface area contributed by atoms with Gasteiger partial charge < -0.3 is 4.42 Å². The zero-order valence-corrected chi connectivity index (χ0v) is 18.5. The van der Waals surface area contributed by atoms with E-state index in [2.05, 4.69) is 77.1 Å². The van der Waals surface area contributed by atoms with Crippen LogP contribution in [0.5, 0.6) is 0 Å². The third-order valence-corrected chi connectivity index (χ3v) is 6.23. The Kier molecular flexibility index (Phi) is 5.59. The lowest BCUT2D eigenvalue weighted by molar-refractivity contribution is 0.465. The molecule has 0 fully saturated rings. The average molecular weight is 491 g/mol. The molecule has 0 aliphatic heterocycles. The number of rotatable bonds is 6. The second-order valence-electron chi connectivity index (χ2n) is 6.62. The van der Waals surface area contributed by atoms with Crippen LogP contribution in [0.4, 0.5) is 0 Å². The number of nitrogens with one attached hydrogen (secondary N) is 1. The Labute approximate surface area is 190 Å². The minimum Gasteiger partial charge on any atom is -0.411 e. The Morgan fingerprint density at radius 3 is 2.29 bits per heavy atom. The van der Waals surface area contributed by atoms with E-state index in [9.17, 15) is 0 Å². The second-order valence-corrected chi connectivity index (χ2v) is 8.40. The molecule has 0 unspecified atom stereocenters. The molecule has 0 aliphatic carbocycles. The van der Waals surface area contributed by atoms with Crippen molar-refractivity contribution in [2.75, 3.05) is 0 Å². The maximum atomic E-state index is 5.81. The molecule has 0 bridgehead atoms. The topological polar surface area (TPSA) is 93.4 Å². The Balaban J connectivity index is 1.30. The number of H-pyrrole nitrogens is 1. The van der Waals surface area contributed by atoms with Gasteiger partial charge in [-0.2, -0.15) is 5.21 Å². The van der Waals surface area contributed by atoms with E-state index in [0.29, 0.717) is 16.9 Å². The molecule has 0 aliphatic rings. The molecule has 3 aromatic carbocycles. The SMILES string of the molecule is Brc1ccccc1-c1nnc(SCc2ccc(-c3ccccc3-c3nn[nH]n3)cc2)o1. The van der Waals surface area contributed by atoms with Crippen molar-refractivity contribution in [1.82, 2.24) is 30.8 Å². The van der Waals surface area contributed by atoms with Crippen molar-refractivity contribution in [2.45, 2.75) is 11.0 Å². The van der Waals surface area contributed by atoms with Crippen molar-refractivity contribution >= 4 is 27.7 Å². The lowest BCUT2D eigenvalue weighted by atomic mass is 9.98. The number of aromatic nitrogens is 6. The number of aromatic amines is 1. The predicted molar refractivity (Wildman–Crippen MR) is 122 cm³/mol. The summed E-state index contributed by atoms with van der Waals surface area (Å²) in [4.78, 5) is 0. The highest BCUT2D eigenvalue weighted by molar-refractivity contribution is 9.10. The van der Waals surface area contributed by atoms with Crippen LogP contribution in [-0.4, -0.2) is 30.8 Å². The summed E-state index contributed by atoms with van der Waals surface area (Å²) in [6.45, 7) is 0. The Morgan fingerprint density at radius 2 is 1.55 bits per heavy atom. The molecule has 0 spiro atoms. The van der Waals surface area contributed by atoms with Crippen molar-refractivity contribution in [1.29, 1.82) is 0 Å². The summed E-state index contributed by atoms with van der Waals surface area (Å²) in [7, 11) is 0. The standard InChI is InChI=1S/C22H15BrN6OS/c23-19-8-4-3-7-18(19)21-26-27-22(30-21)31-13-14-9-11-15(12-10-14)16-5-1-2-6-17(16)20-24-28-29-25-20/h1-12H,13H2,(H,24,25,28,29). The van der Waals surface area contributed by atoms with Crippen molar-refractivity contribution in [3.8, 4) is 34.0 Å². The Hall–Kier alpha value is -3.30. The Bertz CT molecular complexity index is 1300. The van der Waals surface area contributed by atoms with Crippen LogP contribution in [0.3, 0.4) is 0 Å². The number of nitrogens with zero attached hydrogens (tertiary/aromatic N) is 5. The normalized spacial score (nSPS) is 11.0. The lowest BCUT2D eigenvalue weighted by Crippen LogP contribution is -1.88. The van der Waals surface area contributed by atoms with E-state index in [-0.39, 0.29) is 0 Å². The fourth-order valence-electron chi connectivity index (χ4n) is 3.14. The molecule has 1 N–H and O–H groups in total. The first kappa shape index (κ1) is 19.7. The quantitative estimate of drug-likeness (QED) is 0.307. The van der Waals surface area contributed by atoms with Crippen molar-refractivity contribution < 1.29 is 4.42 Å². The molecule has 0 atom stereocenters. The van der Waals surface area contributed by atoms with Gasteiger partial charge in [-0.05, 0) is 50.0 Å². The highest BCUT2D eigenvalue weighted by Gasteiger charge is 2.13. The van der Waals surface area contributed by atoms with Gasteiger partial charge in [-0.15, -0.1) is 20.4 Å². The third-order valence-electron chi connectivity index (χ3n) is 4.65. The van der Waals surface area contributed by atoms with Crippen LogP contribution >= 0.6 is 27.7 Å². The fraction of sp³-hybridized carbons (Fsp3) is 0.0455. The largest absolute Gasteiger partial charge is 0.411 e. The molecule has 0 radical (unpaired) electrons. The minimum absolute atomic E-state index is 0.503. The summed E-state index contributed by atoms with van der Waals surface area (Å²) in [6, 6.07) is 24.2. The summed E-state index contributed by atoms with van der Waals surface area (Å²) in [6.07, 6.45) is 0. The molecular weight excluding hydrogens is 476 g/mol. The van der Waals surface area contributed by atoms with E-state index in [1.807, 2.05) is 42.5 Å². The predicted octanol–water partition coefficient (Wildman–Crippen LogP) is 5.64.